The molecule has 4 heteroatoms. The topological polar surface area (TPSA) is 64.4 Å². The van der Waals surface area contributed by atoms with Gasteiger partial charge in [0, 0.05) is 25.8 Å². The van der Waals surface area contributed by atoms with Crippen LogP contribution in [0.1, 0.15) is 37.3 Å². The molecule has 0 aromatic heterocycles. The summed E-state index contributed by atoms with van der Waals surface area (Å²) in [5.74, 6) is 0.498. The molecular weight excluding hydrogens is 264 g/mol. The molecule has 114 valence electrons. The van der Waals surface area contributed by atoms with Crippen molar-refractivity contribution in [2.45, 2.75) is 31.7 Å². The lowest BCUT2D eigenvalue weighted by molar-refractivity contribution is -0.133. The van der Waals surface area contributed by atoms with Crippen molar-refractivity contribution >= 4 is 5.91 Å². The second kappa shape index (κ2) is 6.16. The van der Waals surface area contributed by atoms with Crippen LogP contribution in [0, 0.1) is 11.3 Å². The van der Waals surface area contributed by atoms with E-state index >= 15 is 0 Å². The molecule has 21 heavy (non-hydrogen) atoms. The number of nitrogens with two attached hydrogens (primary N) is 1. The number of hydrogen-bond donors (Lipinski definition) is 2. The smallest absolute Gasteiger partial charge is 0.225 e. The second-order valence-electron chi connectivity index (χ2n) is 6.36. The molecule has 2 fully saturated rings. The fourth-order valence-corrected chi connectivity index (χ4v) is 3.22. The Morgan fingerprint density at radius 1 is 1.29 bits per heavy atom. The van der Waals surface area contributed by atoms with Crippen LogP contribution in [0.4, 0.5) is 0 Å². The maximum Gasteiger partial charge on any atom is 0.225 e. The fourth-order valence-electron chi connectivity index (χ4n) is 3.22. The first-order valence-electron chi connectivity index (χ1n) is 7.87. The lowest BCUT2D eigenvalue weighted by Gasteiger charge is -2.36. The largest absolute Gasteiger partial charge is 0.381 e. The van der Waals surface area contributed by atoms with Crippen molar-refractivity contribution < 1.29 is 9.53 Å². The normalized spacial score (nSPS) is 22.7. The SMILES string of the molecule is NC(=O)C1(CNC(c2ccccc2)C2CC2)CCOCC1. The van der Waals surface area contributed by atoms with Crippen LogP contribution in [0.3, 0.4) is 0 Å². The number of rotatable bonds is 6. The third kappa shape index (κ3) is 3.27. The number of carbonyl (C=O) groups excluding carboxylic acids is 1. The average Bonchev–Trinajstić information content (AvgIpc) is 3.34. The van der Waals surface area contributed by atoms with Gasteiger partial charge < -0.3 is 15.8 Å². The van der Waals surface area contributed by atoms with Gasteiger partial charge in [-0.3, -0.25) is 4.79 Å². The van der Waals surface area contributed by atoms with Gasteiger partial charge in [-0.2, -0.15) is 0 Å². The summed E-state index contributed by atoms with van der Waals surface area (Å²) >= 11 is 0. The third-order valence-electron chi connectivity index (χ3n) is 4.89. The van der Waals surface area contributed by atoms with E-state index in [2.05, 4.69) is 29.6 Å². The van der Waals surface area contributed by atoms with E-state index in [1.54, 1.807) is 0 Å². The van der Waals surface area contributed by atoms with Crippen molar-refractivity contribution in [3.05, 3.63) is 35.9 Å². The summed E-state index contributed by atoms with van der Waals surface area (Å²) in [6, 6.07) is 10.9. The zero-order valence-corrected chi connectivity index (χ0v) is 12.4. The van der Waals surface area contributed by atoms with Gasteiger partial charge in [-0.1, -0.05) is 30.3 Å². The molecule has 1 saturated carbocycles. The van der Waals surface area contributed by atoms with Gasteiger partial charge >= 0.3 is 0 Å². The maximum atomic E-state index is 11.9. The van der Waals surface area contributed by atoms with Crippen molar-refractivity contribution in [3.63, 3.8) is 0 Å². The van der Waals surface area contributed by atoms with Gasteiger partial charge in [0.2, 0.25) is 5.91 Å². The zero-order chi connectivity index (χ0) is 14.7. The summed E-state index contributed by atoms with van der Waals surface area (Å²) in [5.41, 5.74) is 6.55. The van der Waals surface area contributed by atoms with Crippen LogP contribution in [0.25, 0.3) is 0 Å². The summed E-state index contributed by atoms with van der Waals surface area (Å²) in [6.07, 6.45) is 3.97. The summed E-state index contributed by atoms with van der Waals surface area (Å²) < 4.78 is 5.39. The Hall–Kier alpha value is -1.39. The number of primary amides is 1. The molecule has 1 aromatic rings. The highest BCUT2D eigenvalue weighted by Gasteiger charge is 2.40. The van der Waals surface area contributed by atoms with Crippen molar-refractivity contribution in [1.82, 2.24) is 5.32 Å². The molecule has 1 atom stereocenters. The lowest BCUT2D eigenvalue weighted by Crippen LogP contribution is -2.49. The Labute approximate surface area is 126 Å². The van der Waals surface area contributed by atoms with Gasteiger partial charge in [0.05, 0.1) is 5.41 Å². The van der Waals surface area contributed by atoms with Gasteiger partial charge in [-0.25, -0.2) is 0 Å². The molecule has 3 N–H and O–H groups in total. The first-order chi connectivity index (χ1) is 10.2. The van der Waals surface area contributed by atoms with Crippen LogP contribution in [0.15, 0.2) is 30.3 Å². The Morgan fingerprint density at radius 3 is 2.52 bits per heavy atom. The number of ether oxygens (including phenoxy) is 1. The second-order valence-corrected chi connectivity index (χ2v) is 6.36. The van der Waals surface area contributed by atoms with E-state index in [-0.39, 0.29) is 5.91 Å². The first kappa shape index (κ1) is 14.5. The summed E-state index contributed by atoms with van der Waals surface area (Å²) in [7, 11) is 0. The first-order valence-corrected chi connectivity index (χ1v) is 7.87. The highest BCUT2D eigenvalue weighted by Crippen LogP contribution is 2.41. The number of carbonyl (C=O) groups is 1. The highest BCUT2D eigenvalue weighted by atomic mass is 16.5. The van der Waals surface area contributed by atoms with Gasteiger partial charge in [0.25, 0.3) is 0 Å². The third-order valence-corrected chi connectivity index (χ3v) is 4.89. The fraction of sp³-hybridized carbons (Fsp3) is 0.588. The van der Waals surface area contributed by atoms with E-state index in [4.69, 9.17) is 10.5 Å². The highest BCUT2D eigenvalue weighted by molar-refractivity contribution is 5.81. The monoisotopic (exact) mass is 288 g/mol. The van der Waals surface area contributed by atoms with E-state index in [0.717, 1.165) is 12.8 Å². The number of benzene rings is 1. The van der Waals surface area contributed by atoms with Crippen LogP contribution in [0.2, 0.25) is 0 Å². The van der Waals surface area contributed by atoms with E-state index in [1.165, 1.54) is 18.4 Å². The van der Waals surface area contributed by atoms with Crippen LogP contribution in [-0.4, -0.2) is 25.7 Å². The van der Waals surface area contributed by atoms with Crippen molar-refractivity contribution in [2.24, 2.45) is 17.1 Å². The van der Waals surface area contributed by atoms with Crippen LogP contribution in [0.5, 0.6) is 0 Å². The summed E-state index contributed by atoms with van der Waals surface area (Å²) in [6.45, 7) is 1.91. The van der Waals surface area contributed by atoms with Gasteiger partial charge in [0.15, 0.2) is 0 Å². The minimum absolute atomic E-state index is 0.194. The van der Waals surface area contributed by atoms with Crippen LogP contribution >= 0.6 is 0 Å². The molecule has 1 heterocycles. The van der Waals surface area contributed by atoms with Crippen LogP contribution < -0.4 is 11.1 Å². The van der Waals surface area contributed by atoms with Gasteiger partial charge in [-0.15, -0.1) is 0 Å². The van der Waals surface area contributed by atoms with Gasteiger partial charge in [0.1, 0.15) is 0 Å². The zero-order valence-electron chi connectivity index (χ0n) is 12.4. The molecule has 1 unspecified atom stereocenters. The van der Waals surface area contributed by atoms with Crippen molar-refractivity contribution in [3.8, 4) is 0 Å². The van der Waals surface area contributed by atoms with E-state index < -0.39 is 5.41 Å². The molecule has 0 spiro atoms. The molecule has 1 aliphatic heterocycles. The number of amides is 1. The predicted octanol–water partition coefficient (Wildman–Crippen LogP) is 2.01. The van der Waals surface area contributed by atoms with E-state index in [9.17, 15) is 4.79 Å². The average molecular weight is 288 g/mol. The van der Waals surface area contributed by atoms with E-state index in [1.807, 2.05) is 6.07 Å². The molecule has 0 bridgehead atoms. The Balaban J connectivity index is 1.70. The maximum absolute atomic E-state index is 11.9. The molecule has 1 aromatic carbocycles. The Kier molecular flexibility index (Phi) is 4.27. The quantitative estimate of drug-likeness (QED) is 0.841. The summed E-state index contributed by atoms with van der Waals surface area (Å²) in [4.78, 5) is 11.9. The molecule has 3 rings (SSSR count). The Morgan fingerprint density at radius 2 is 1.95 bits per heavy atom. The molecule has 0 radical (unpaired) electrons. The van der Waals surface area contributed by atoms with E-state index in [0.29, 0.717) is 31.7 Å². The number of hydrogen-bond acceptors (Lipinski definition) is 3. The molecule has 1 saturated heterocycles. The molecule has 1 aliphatic carbocycles. The minimum Gasteiger partial charge on any atom is -0.381 e. The van der Waals surface area contributed by atoms with Crippen LogP contribution in [-0.2, 0) is 9.53 Å². The summed E-state index contributed by atoms with van der Waals surface area (Å²) in [5, 5.41) is 3.63. The van der Waals surface area contributed by atoms with Crippen molar-refractivity contribution in [2.75, 3.05) is 19.8 Å². The predicted molar refractivity (Wildman–Crippen MR) is 81.6 cm³/mol. The molecular formula is C17H24N2O2. The minimum atomic E-state index is -0.444. The molecule has 4 nitrogen and oxygen atoms in total. The number of nitrogens with one attached hydrogen (secondary N) is 1. The van der Waals surface area contributed by atoms with Crippen molar-refractivity contribution in [1.29, 1.82) is 0 Å². The Bertz CT molecular complexity index is 479. The molecule has 1 amide bonds. The molecule has 2 aliphatic rings. The lowest BCUT2D eigenvalue weighted by atomic mass is 9.79. The standard InChI is InChI=1S/C17H24N2O2/c18-16(20)17(8-10-21-11-9-17)12-19-15(14-6-7-14)13-4-2-1-3-5-13/h1-5,14-15,19H,6-12H2,(H2,18,20). The van der Waals surface area contributed by atoms with Gasteiger partial charge in [-0.05, 0) is 37.2 Å².